The molecule has 16 heavy (non-hydrogen) atoms. The lowest BCUT2D eigenvalue weighted by Crippen LogP contribution is -2.15. The molecular weight excluding hydrogens is 245 g/mol. The lowest BCUT2D eigenvalue weighted by Gasteiger charge is -2.11. The molecule has 1 rings (SSSR count). The highest BCUT2D eigenvalue weighted by Crippen LogP contribution is 2.30. The van der Waals surface area contributed by atoms with E-state index in [1.807, 2.05) is 0 Å². The largest absolute Gasteiger partial charge is 0.389 e. The molecule has 1 heterocycles. The van der Waals surface area contributed by atoms with Crippen LogP contribution in [0.4, 0.5) is 18.2 Å². The SMILES string of the molecule is N[C@H](CCC(F)(F)F)c1csc([N+](=O)[O-])c1. The summed E-state index contributed by atoms with van der Waals surface area (Å²) < 4.78 is 35.7. The summed E-state index contributed by atoms with van der Waals surface area (Å²) in [6.45, 7) is 0. The molecule has 0 aliphatic rings. The van der Waals surface area contributed by atoms with Crippen LogP contribution >= 0.6 is 11.3 Å². The fourth-order valence-corrected chi connectivity index (χ4v) is 1.90. The summed E-state index contributed by atoms with van der Waals surface area (Å²) in [7, 11) is 0. The van der Waals surface area contributed by atoms with Crippen LogP contribution < -0.4 is 5.73 Å². The topological polar surface area (TPSA) is 69.2 Å². The molecule has 0 radical (unpaired) electrons. The Hall–Kier alpha value is -1.15. The maximum absolute atomic E-state index is 11.9. The molecule has 0 aliphatic carbocycles. The Morgan fingerprint density at radius 3 is 2.62 bits per heavy atom. The van der Waals surface area contributed by atoms with Gasteiger partial charge in [-0.2, -0.15) is 13.2 Å². The second-order valence-corrected chi connectivity index (χ2v) is 4.13. The van der Waals surface area contributed by atoms with Crippen LogP contribution in [-0.2, 0) is 0 Å². The number of alkyl halides is 3. The summed E-state index contributed by atoms with van der Waals surface area (Å²) in [5.41, 5.74) is 5.88. The number of hydrogen-bond acceptors (Lipinski definition) is 4. The van der Waals surface area contributed by atoms with Crippen LogP contribution in [0.1, 0.15) is 24.4 Å². The normalized spacial score (nSPS) is 13.8. The van der Waals surface area contributed by atoms with Crippen LogP contribution in [-0.4, -0.2) is 11.1 Å². The lowest BCUT2D eigenvalue weighted by molar-refractivity contribution is -0.380. The second-order valence-electron chi connectivity index (χ2n) is 3.24. The van der Waals surface area contributed by atoms with Gasteiger partial charge in [0.1, 0.15) is 0 Å². The first-order valence-corrected chi connectivity index (χ1v) is 5.23. The molecule has 0 saturated heterocycles. The van der Waals surface area contributed by atoms with Crippen LogP contribution in [0.25, 0.3) is 0 Å². The van der Waals surface area contributed by atoms with Crippen molar-refractivity contribution in [1.82, 2.24) is 0 Å². The smallest absolute Gasteiger partial charge is 0.324 e. The van der Waals surface area contributed by atoms with Crippen molar-refractivity contribution in [2.75, 3.05) is 0 Å². The van der Waals surface area contributed by atoms with Gasteiger partial charge in [0, 0.05) is 23.9 Å². The van der Waals surface area contributed by atoms with E-state index >= 15 is 0 Å². The summed E-state index contributed by atoms with van der Waals surface area (Å²) in [5.74, 6) is 0. The zero-order valence-corrected chi connectivity index (χ0v) is 8.85. The predicted octanol–water partition coefficient (Wildman–Crippen LogP) is 3.00. The van der Waals surface area contributed by atoms with Crippen molar-refractivity contribution in [2.45, 2.75) is 25.1 Å². The molecule has 1 atom stereocenters. The number of hydrogen-bond donors (Lipinski definition) is 1. The molecule has 2 N–H and O–H groups in total. The van der Waals surface area contributed by atoms with Gasteiger partial charge in [0.25, 0.3) is 0 Å². The molecule has 0 fully saturated rings. The summed E-state index contributed by atoms with van der Waals surface area (Å²) in [6.07, 6.45) is -5.51. The van der Waals surface area contributed by atoms with Gasteiger partial charge in [-0.05, 0) is 12.0 Å². The maximum atomic E-state index is 11.9. The third-order valence-electron chi connectivity index (χ3n) is 1.95. The molecule has 1 aromatic rings. The Kier molecular flexibility index (Phi) is 3.87. The number of nitrogens with zero attached hydrogens (tertiary/aromatic N) is 1. The Bertz CT molecular complexity index is 378. The van der Waals surface area contributed by atoms with Crippen molar-refractivity contribution < 1.29 is 18.1 Å². The van der Waals surface area contributed by atoms with E-state index in [1.165, 1.54) is 11.4 Å². The predicted molar refractivity (Wildman–Crippen MR) is 53.2 cm³/mol. The Morgan fingerprint density at radius 2 is 2.19 bits per heavy atom. The van der Waals surface area contributed by atoms with Gasteiger partial charge in [0.05, 0.1) is 4.92 Å². The van der Waals surface area contributed by atoms with Crippen molar-refractivity contribution in [3.05, 3.63) is 27.1 Å². The van der Waals surface area contributed by atoms with E-state index in [9.17, 15) is 23.3 Å². The quantitative estimate of drug-likeness (QED) is 0.663. The van der Waals surface area contributed by atoms with Crippen molar-refractivity contribution >= 4 is 16.3 Å². The number of halogens is 3. The number of thiophene rings is 1. The van der Waals surface area contributed by atoms with Gasteiger partial charge < -0.3 is 5.73 Å². The first-order chi connectivity index (χ1) is 7.29. The Labute approximate surface area is 93.0 Å². The fourth-order valence-electron chi connectivity index (χ4n) is 1.12. The van der Waals surface area contributed by atoms with Gasteiger partial charge in [-0.1, -0.05) is 11.3 Å². The third-order valence-corrected chi connectivity index (χ3v) is 2.85. The molecule has 90 valence electrons. The van der Waals surface area contributed by atoms with Gasteiger partial charge in [-0.25, -0.2) is 0 Å². The first-order valence-electron chi connectivity index (χ1n) is 4.35. The maximum Gasteiger partial charge on any atom is 0.389 e. The van der Waals surface area contributed by atoms with Crippen LogP contribution in [0.2, 0.25) is 0 Å². The summed E-state index contributed by atoms with van der Waals surface area (Å²) >= 11 is 0.859. The zero-order valence-electron chi connectivity index (χ0n) is 8.03. The van der Waals surface area contributed by atoms with E-state index in [0.29, 0.717) is 5.56 Å². The number of nitrogens with two attached hydrogens (primary N) is 1. The molecule has 0 amide bonds. The van der Waals surface area contributed by atoms with E-state index in [-0.39, 0.29) is 11.4 Å². The lowest BCUT2D eigenvalue weighted by atomic mass is 10.1. The molecule has 0 aromatic carbocycles. The minimum atomic E-state index is -4.25. The molecule has 4 nitrogen and oxygen atoms in total. The van der Waals surface area contributed by atoms with E-state index in [1.54, 1.807) is 0 Å². The molecular formula is C8H9F3N2O2S. The van der Waals surface area contributed by atoms with Crippen molar-refractivity contribution in [2.24, 2.45) is 5.73 Å². The number of rotatable bonds is 4. The van der Waals surface area contributed by atoms with Gasteiger partial charge in [0.15, 0.2) is 0 Å². The third kappa shape index (κ3) is 3.78. The Balaban J connectivity index is 2.59. The minimum Gasteiger partial charge on any atom is -0.324 e. The summed E-state index contributed by atoms with van der Waals surface area (Å²) in [4.78, 5) is 9.76. The standard InChI is InChI=1S/C8H9F3N2O2S/c9-8(10,11)2-1-6(12)5-3-7(13(14)15)16-4-5/h3-4,6H,1-2,12H2/t6-/m1/s1. The molecule has 8 heteroatoms. The highest BCUT2D eigenvalue weighted by atomic mass is 32.1. The first kappa shape index (κ1) is 12.9. The van der Waals surface area contributed by atoms with Crippen molar-refractivity contribution in [1.29, 1.82) is 0 Å². The van der Waals surface area contributed by atoms with Crippen LogP contribution in [0.5, 0.6) is 0 Å². The van der Waals surface area contributed by atoms with Gasteiger partial charge in [-0.3, -0.25) is 10.1 Å². The van der Waals surface area contributed by atoms with Gasteiger partial charge >= 0.3 is 11.2 Å². The molecule has 1 aromatic heterocycles. The van der Waals surface area contributed by atoms with Gasteiger partial charge in [-0.15, -0.1) is 0 Å². The van der Waals surface area contributed by atoms with Crippen molar-refractivity contribution in [3.8, 4) is 0 Å². The summed E-state index contributed by atoms with van der Waals surface area (Å²) in [5, 5.41) is 11.7. The second kappa shape index (κ2) is 4.79. The van der Waals surface area contributed by atoms with E-state index in [0.717, 1.165) is 11.3 Å². The number of nitro groups is 1. The molecule has 0 saturated carbocycles. The highest BCUT2D eigenvalue weighted by Gasteiger charge is 2.28. The van der Waals surface area contributed by atoms with Crippen molar-refractivity contribution in [3.63, 3.8) is 0 Å². The van der Waals surface area contributed by atoms with E-state index < -0.39 is 23.6 Å². The summed E-state index contributed by atoms with van der Waals surface area (Å²) in [6, 6.07) is 0.401. The minimum absolute atomic E-state index is 0.113. The average Bonchev–Trinajstić information content (AvgIpc) is 2.61. The highest BCUT2D eigenvalue weighted by molar-refractivity contribution is 7.13. The van der Waals surface area contributed by atoms with Gasteiger partial charge in [0.2, 0.25) is 0 Å². The van der Waals surface area contributed by atoms with E-state index in [2.05, 4.69) is 0 Å². The molecule has 0 spiro atoms. The Morgan fingerprint density at radius 1 is 1.56 bits per heavy atom. The zero-order chi connectivity index (χ0) is 12.3. The van der Waals surface area contributed by atoms with Crippen LogP contribution in [0, 0.1) is 10.1 Å². The van der Waals surface area contributed by atoms with Crippen LogP contribution in [0.3, 0.4) is 0 Å². The van der Waals surface area contributed by atoms with E-state index in [4.69, 9.17) is 5.73 Å². The molecule has 0 bridgehead atoms. The monoisotopic (exact) mass is 254 g/mol. The molecule has 0 unspecified atom stereocenters. The fraction of sp³-hybridized carbons (Fsp3) is 0.500. The average molecular weight is 254 g/mol. The van der Waals surface area contributed by atoms with Crippen LogP contribution in [0.15, 0.2) is 11.4 Å². The molecule has 0 aliphatic heterocycles.